The predicted molar refractivity (Wildman–Crippen MR) is 150 cm³/mol. The van der Waals surface area contributed by atoms with Gasteiger partial charge in [0.15, 0.2) is 0 Å². The van der Waals surface area contributed by atoms with Crippen LogP contribution < -0.4 is 4.72 Å². The maximum Gasteiger partial charge on any atom is 0.253 e. The Morgan fingerprint density at radius 1 is 0.917 bits per heavy atom. The molecule has 8 heteroatoms. The second-order valence-electron chi connectivity index (χ2n) is 8.75. The quantitative estimate of drug-likeness (QED) is 0.268. The highest BCUT2D eigenvalue weighted by atomic mass is 35.5. The van der Waals surface area contributed by atoms with Gasteiger partial charge in [-0.15, -0.1) is 0 Å². The first-order valence-corrected chi connectivity index (χ1v) is 13.5. The number of hydrogen-bond donors (Lipinski definition) is 1. The Balaban J connectivity index is 1.18. The summed E-state index contributed by atoms with van der Waals surface area (Å²) in [5, 5.41) is 2.29. The number of carbonyl (C=O) groups excluding carboxylic acids is 1. The summed E-state index contributed by atoms with van der Waals surface area (Å²) in [6.07, 6.45) is 2.72. The molecule has 184 valence electrons. The summed E-state index contributed by atoms with van der Waals surface area (Å²) in [5.41, 5.74) is 3.62. The van der Waals surface area contributed by atoms with E-state index in [2.05, 4.69) is 26.7 Å². The van der Waals surface area contributed by atoms with Gasteiger partial charge in [-0.1, -0.05) is 53.5 Å². The number of aromatic nitrogens is 1. The molecule has 1 saturated heterocycles. The van der Waals surface area contributed by atoms with Crippen LogP contribution >= 0.6 is 35.1 Å². The Kier molecular flexibility index (Phi) is 7.97. The van der Waals surface area contributed by atoms with Crippen LogP contribution in [-0.2, 0) is 6.54 Å². The van der Waals surface area contributed by atoms with E-state index in [1.165, 1.54) is 11.9 Å². The van der Waals surface area contributed by atoms with E-state index in [0.717, 1.165) is 59.6 Å². The molecule has 0 bridgehead atoms. The molecule has 1 amide bonds. The number of benzene rings is 3. The van der Waals surface area contributed by atoms with E-state index in [1.807, 2.05) is 59.5 Å². The van der Waals surface area contributed by atoms with Crippen LogP contribution in [0.25, 0.3) is 10.9 Å². The van der Waals surface area contributed by atoms with Gasteiger partial charge in [-0.25, -0.2) is 0 Å². The van der Waals surface area contributed by atoms with E-state index in [4.69, 9.17) is 23.2 Å². The van der Waals surface area contributed by atoms with Gasteiger partial charge >= 0.3 is 0 Å². The molecule has 0 atom stereocenters. The van der Waals surface area contributed by atoms with Crippen LogP contribution in [0, 0.1) is 0 Å². The molecule has 36 heavy (non-hydrogen) atoms. The van der Waals surface area contributed by atoms with Crippen molar-refractivity contribution in [2.75, 3.05) is 30.9 Å². The predicted octanol–water partition coefficient (Wildman–Crippen LogP) is 7.01. The third kappa shape index (κ3) is 5.79. The number of fused-ring (bicyclic) bond motifs is 1. The number of halogens is 2. The van der Waals surface area contributed by atoms with E-state index < -0.39 is 0 Å². The normalized spacial score (nSPS) is 14.6. The van der Waals surface area contributed by atoms with Crippen molar-refractivity contribution < 1.29 is 4.79 Å². The molecule has 0 saturated carbocycles. The van der Waals surface area contributed by atoms with E-state index in [-0.39, 0.29) is 5.91 Å². The van der Waals surface area contributed by atoms with Crippen LogP contribution in [0.1, 0.15) is 22.3 Å². The molecule has 0 aliphatic carbocycles. The lowest BCUT2D eigenvalue weighted by molar-refractivity contribution is 0.0761. The number of anilines is 1. The van der Waals surface area contributed by atoms with Crippen molar-refractivity contribution in [3.05, 3.63) is 100 Å². The smallest absolute Gasteiger partial charge is 0.253 e. The monoisotopic (exact) mass is 536 g/mol. The van der Waals surface area contributed by atoms with Gasteiger partial charge in [-0.3, -0.25) is 14.7 Å². The van der Waals surface area contributed by atoms with Gasteiger partial charge in [0.1, 0.15) is 0 Å². The minimum Gasteiger partial charge on any atom is -0.337 e. The molecule has 1 aromatic heterocycles. The number of rotatable bonds is 6. The van der Waals surface area contributed by atoms with Gasteiger partial charge in [0, 0.05) is 55.6 Å². The summed E-state index contributed by atoms with van der Waals surface area (Å²) in [7, 11) is 0. The molecule has 4 aromatic rings. The fourth-order valence-electron chi connectivity index (χ4n) is 4.38. The van der Waals surface area contributed by atoms with Crippen LogP contribution in [0.4, 0.5) is 5.69 Å². The first kappa shape index (κ1) is 24.9. The summed E-state index contributed by atoms with van der Waals surface area (Å²) < 4.78 is 3.37. The Hall–Kier alpha value is -2.77. The number of nitrogens with zero attached hydrogens (tertiary/aromatic N) is 3. The number of para-hydroxylation sites is 1. The van der Waals surface area contributed by atoms with Crippen LogP contribution in [0.15, 0.2) is 83.9 Å². The van der Waals surface area contributed by atoms with Crippen molar-refractivity contribution in [1.82, 2.24) is 14.8 Å². The maximum absolute atomic E-state index is 13.2. The average Bonchev–Trinajstić information content (AvgIpc) is 3.15. The third-order valence-corrected chi connectivity index (χ3v) is 8.05. The van der Waals surface area contributed by atoms with E-state index in [9.17, 15) is 4.79 Å². The highest BCUT2D eigenvalue weighted by molar-refractivity contribution is 8.00. The van der Waals surface area contributed by atoms with E-state index in [1.54, 1.807) is 12.3 Å². The molecule has 1 aliphatic heterocycles. The van der Waals surface area contributed by atoms with Crippen molar-refractivity contribution in [2.45, 2.75) is 17.9 Å². The Labute approximate surface area is 225 Å². The second kappa shape index (κ2) is 11.5. The fraction of sp³-hybridized carbons (Fsp3) is 0.214. The maximum atomic E-state index is 13.2. The van der Waals surface area contributed by atoms with Gasteiger partial charge in [0.25, 0.3) is 5.91 Å². The molecule has 1 aliphatic rings. The minimum absolute atomic E-state index is 0.0649. The second-order valence-corrected chi connectivity index (χ2v) is 10.4. The lowest BCUT2D eigenvalue weighted by Gasteiger charge is -2.22. The van der Waals surface area contributed by atoms with Gasteiger partial charge in [-0.05, 0) is 66.4 Å². The first-order chi connectivity index (χ1) is 17.6. The minimum atomic E-state index is 0.0649. The van der Waals surface area contributed by atoms with Crippen molar-refractivity contribution in [3.63, 3.8) is 0 Å². The molecule has 0 unspecified atom stereocenters. The van der Waals surface area contributed by atoms with Crippen molar-refractivity contribution in [1.29, 1.82) is 0 Å². The summed E-state index contributed by atoms with van der Waals surface area (Å²) in [6.45, 7) is 3.86. The summed E-state index contributed by atoms with van der Waals surface area (Å²) in [6, 6.07) is 23.5. The number of amides is 1. The Morgan fingerprint density at radius 2 is 1.72 bits per heavy atom. The Bertz CT molecular complexity index is 1360. The standard InChI is InChI=1S/C28H26Cl2N4OS/c29-24-8-1-6-22(26(24)30)19-33-15-4-16-34(18-17-33)28(35)21-10-12-23(13-11-21)32-36-25-9-2-5-20-7-3-14-31-27(20)25/h1-3,5-14,32H,4,15-19H2. The molecule has 2 heterocycles. The zero-order chi connectivity index (χ0) is 24.9. The fourth-order valence-corrected chi connectivity index (χ4v) is 5.54. The van der Waals surface area contributed by atoms with Gasteiger partial charge < -0.3 is 9.62 Å². The first-order valence-electron chi connectivity index (χ1n) is 11.9. The summed E-state index contributed by atoms with van der Waals surface area (Å²) >= 11 is 14.1. The van der Waals surface area contributed by atoms with Crippen molar-refractivity contribution in [2.24, 2.45) is 0 Å². The highest BCUT2D eigenvalue weighted by Gasteiger charge is 2.21. The number of carbonyl (C=O) groups is 1. The number of hydrogen-bond acceptors (Lipinski definition) is 5. The number of nitrogens with one attached hydrogen (secondary N) is 1. The molecule has 3 aromatic carbocycles. The average molecular weight is 538 g/mol. The molecule has 5 nitrogen and oxygen atoms in total. The summed E-state index contributed by atoms with van der Waals surface area (Å²) in [5.74, 6) is 0.0649. The topological polar surface area (TPSA) is 48.5 Å². The number of pyridine rings is 1. The molecular formula is C28H26Cl2N4OS. The Morgan fingerprint density at radius 3 is 2.58 bits per heavy atom. The van der Waals surface area contributed by atoms with Gasteiger partial charge in [-0.2, -0.15) is 0 Å². The van der Waals surface area contributed by atoms with Crippen LogP contribution in [-0.4, -0.2) is 46.9 Å². The zero-order valence-corrected chi connectivity index (χ0v) is 22.0. The van der Waals surface area contributed by atoms with E-state index >= 15 is 0 Å². The molecule has 5 rings (SSSR count). The van der Waals surface area contributed by atoms with Crippen molar-refractivity contribution in [3.8, 4) is 0 Å². The summed E-state index contributed by atoms with van der Waals surface area (Å²) in [4.78, 5) is 23.0. The molecule has 0 spiro atoms. The lowest BCUT2D eigenvalue weighted by atomic mass is 10.2. The van der Waals surface area contributed by atoms with Crippen molar-refractivity contribution >= 4 is 57.6 Å². The molecule has 0 radical (unpaired) electrons. The zero-order valence-electron chi connectivity index (χ0n) is 19.7. The van der Waals surface area contributed by atoms with Crippen LogP contribution in [0.3, 0.4) is 0 Å². The lowest BCUT2D eigenvalue weighted by Crippen LogP contribution is -2.35. The highest BCUT2D eigenvalue weighted by Crippen LogP contribution is 2.28. The van der Waals surface area contributed by atoms with E-state index in [0.29, 0.717) is 22.2 Å². The van der Waals surface area contributed by atoms with Gasteiger partial charge in [0.2, 0.25) is 0 Å². The van der Waals surface area contributed by atoms with Crippen LogP contribution in [0.2, 0.25) is 10.0 Å². The van der Waals surface area contributed by atoms with Crippen LogP contribution in [0.5, 0.6) is 0 Å². The molecule has 1 N–H and O–H groups in total. The molecular weight excluding hydrogens is 511 g/mol. The SMILES string of the molecule is O=C(c1ccc(NSc2cccc3cccnc23)cc1)N1CCCN(Cc2cccc(Cl)c2Cl)CC1. The largest absolute Gasteiger partial charge is 0.337 e. The third-order valence-electron chi connectivity index (χ3n) is 6.31. The van der Waals surface area contributed by atoms with Gasteiger partial charge in [0.05, 0.1) is 20.5 Å². The molecule has 1 fully saturated rings.